The van der Waals surface area contributed by atoms with Gasteiger partial charge in [0.1, 0.15) is 15.6 Å². The normalized spacial score (nSPS) is 27.6. The Kier molecular flexibility index (Phi) is 4.99. The maximum absolute atomic E-state index is 11.8. The van der Waals surface area contributed by atoms with Crippen molar-refractivity contribution in [2.45, 2.75) is 23.8 Å². The van der Waals surface area contributed by atoms with E-state index in [4.69, 9.17) is 0 Å². The summed E-state index contributed by atoms with van der Waals surface area (Å²) in [5.74, 6) is 2.15. The van der Waals surface area contributed by atoms with Gasteiger partial charge in [0.15, 0.2) is 0 Å². The van der Waals surface area contributed by atoms with Crippen LogP contribution >= 0.6 is 23.5 Å². The van der Waals surface area contributed by atoms with Crippen LogP contribution in [0, 0.1) is 0 Å². The standard InChI is InChI=1S/C9H16O3S3/c1-7-9(14-5-4-13-7)8(10)3-6-15(2,11)12/h7,9H,3-6H2,1-2H3. The molecule has 1 fully saturated rings. The number of ketones is 1. The second-order valence-electron chi connectivity index (χ2n) is 3.71. The number of sulfone groups is 1. The minimum Gasteiger partial charge on any atom is -0.298 e. The SMILES string of the molecule is CC1SCCSC1C(=O)CCS(C)(=O)=O. The van der Waals surface area contributed by atoms with Crippen molar-refractivity contribution in [1.29, 1.82) is 0 Å². The van der Waals surface area contributed by atoms with Crippen LogP contribution in [-0.2, 0) is 14.6 Å². The maximum atomic E-state index is 11.8. The number of hydrogen-bond donors (Lipinski definition) is 0. The van der Waals surface area contributed by atoms with Crippen molar-refractivity contribution >= 4 is 39.1 Å². The monoisotopic (exact) mass is 268 g/mol. The first kappa shape index (κ1) is 13.4. The molecule has 88 valence electrons. The van der Waals surface area contributed by atoms with E-state index >= 15 is 0 Å². The highest BCUT2D eigenvalue weighted by atomic mass is 32.2. The minimum atomic E-state index is -3.01. The zero-order valence-corrected chi connectivity index (χ0v) is 11.4. The van der Waals surface area contributed by atoms with Gasteiger partial charge in [0.2, 0.25) is 0 Å². The third-order valence-corrected chi connectivity index (χ3v) is 6.31. The third kappa shape index (κ3) is 4.78. The number of thioether (sulfide) groups is 2. The van der Waals surface area contributed by atoms with Gasteiger partial charge in [-0.25, -0.2) is 8.42 Å². The Labute approximate surface area is 99.7 Å². The predicted molar refractivity (Wildman–Crippen MR) is 67.5 cm³/mol. The fraction of sp³-hybridized carbons (Fsp3) is 0.889. The highest BCUT2D eigenvalue weighted by Crippen LogP contribution is 2.32. The molecule has 0 aliphatic carbocycles. The van der Waals surface area contributed by atoms with Gasteiger partial charge in [0.25, 0.3) is 0 Å². The lowest BCUT2D eigenvalue weighted by atomic mass is 10.2. The van der Waals surface area contributed by atoms with Crippen LogP contribution in [0.15, 0.2) is 0 Å². The van der Waals surface area contributed by atoms with Crippen LogP contribution in [0.4, 0.5) is 0 Å². The summed E-state index contributed by atoms with van der Waals surface area (Å²) in [6.07, 6.45) is 1.34. The van der Waals surface area contributed by atoms with Gasteiger partial charge in [-0.3, -0.25) is 4.79 Å². The van der Waals surface area contributed by atoms with Crippen LogP contribution in [0.5, 0.6) is 0 Å². The zero-order valence-electron chi connectivity index (χ0n) is 8.93. The average molecular weight is 268 g/mol. The molecular weight excluding hydrogens is 252 g/mol. The quantitative estimate of drug-likeness (QED) is 0.767. The smallest absolute Gasteiger partial charge is 0.147 e. The Bertz CT molecular complexity index is 323. The predicted octanol–water partition coefficient (Wildman–Crippen LogP) is 1.23. The Morgan fingerprint density at radius 2 is 1.93 bits per heavy atom. The number of Topliss-reactive ketones (excluding diaryl/α,β-unsaturated/α-hetero) is 1. The van der Waals surface area contributed by atoms with Crippen molar-refractivity contribution in [1.82, 2.24) is 0 Å². The summed E-state index contributed by atoms with van der Waals surface area (Å²) in [5, 5.41) is 0.307. The first-order valence-electron chi connectivity index (χ1n) is 4.84. The van der Waals surface area contributed by atoms with Gasteiger partial charge in [0, 0.05) is 29.4 Å². The second kappa shape index (κ2) is 5.59. The summed E-state index contributed by atoms with van der Waals surface area (Å²) in [6.45, 7) is 2.04. The molecule has 1 saturated heterocycles. The molecule has 0 radical (unpaired) electrons. The van der Waals surface area contributed by atoms with Gasteiger partial charge in [0.05, 0.1) is 11.0 Å². The Morgan fingerprint density at radius 1 is 1.33 bits per heavy atom. The van der Waals surface area contributed by atoms with Gasteiger partial charge in [-0.2, -0.15) is 11.8 Å². The molecule has 0 saturated carbocycles. The van der Waals surface area contributed by atoms with E-state index in [0.29, 0.717) is 5.25 Å². The Morgan fingerprint density at radius 3 is 2.47 bits per heavy atom. The lowest BCUT2D eigenvalue weighted by Crippen LogP contribution is -2.32. The first-order valence-corrected chi connectivity index (χ1v) is 8.99. The van der Waals surface area contributed by atoms with Crippen molar-refractivity contribution in [2.75, 3.05) is 23.5 Å². The van der Waals surface area contributed by atoms with Crippen molar-refractivity contribution in [3.05, 3.63) is 0 Å². The van der Waals surface area contributed by atoms with Gasteiger partial charge in [-0.05, 0) is 0 Å². The highest BCUT2D eigenvalue weighted by molar-refractivity contribution is 8.07. The van der Waals surface area contributed by atoms with Crippen molar-refractivity contribution in [3.63, 3.8) is 0 Å². The van der Waals surface area contributed by atoms with Crippen LogP contribution in [0.1, 0.15) is 13.3 Å². The molecule has 2 unspecified atom stereocenters. The molecule has 0 aromatic carbocycles. The summed E-state index contributed by atoms with van der Waals surface area (Å²) < 4.78 is 21.9. The van der Waals surface area contributed by atoms with Crippen molar-refractivity contribution < 1.29 is 13.2 Å². The molecule has 0 amide bonds. The summed E-state index contributed by atoms with van der Waals surface area (Å²) in [4.78, 5) is 11.8. The Balaban J connectivity index is 2.45. The minimum absolute atomic E-state index is 0.00880. The summed E-state index contributed by atoms with van der Waals surface area (Å²) in [6, 6.07) is 0. The molecule has 0 aromatic heterocycles. The summed E-state index contributed by atoms with van der Waals surface area (Å²) >= 11 is 3.46. The van der Waals surface area contributed by atoms with Gasteiger partial charge in [-0.1, -0.05) is 6.92 Å². The molecule has 0 spiro atoms. The van der Waals surface area contributed by atoms with E-state index in [2.05, 4.69) is 0 Å². The summed E-state index contributed by atoms with van der Waals surface area (Å²) in [7, 11) is -3.01. The Hall–Kier alpha value is 0.320. The van der Waals surface area contributed by atoms with Gasteiger partial charge in [-0.15, -0.1) is 11.8 Å². The molecule has 15 heavy (non-hydrogen) atoms. The molecular formula is C9H16O3S3. The van der Waals surface area contributed by atoms with E-state index in [1.807, 2.05) is 6.92 Å². The van der Waals surface area contributed by atoms with Crippen LogP contribution in [0.2, 0.25) is 0 Å². The number of carbonyl (C=O) groups excluding carboxylic acids is 1. The lowest BCUT2D eigenvalue weighted by Gasteiger charge is -2.26. The van der Waals surface area contributed by atoms with Crippen molar-refractivity contribution in [3.8, 4) is 0 Å². The number of rotatable bonds is 4. The molecule has 3 nitrogen and oxygen atoms in total. The average Bonchev–Trinajstić information content (AvgIpc) is 2.14. The molecule has 1 rings (SSSR count). The summed E-state index contributed by atoms with van der Waals surface area (Å²) in [5.41, 5.74) is 0. The van der Waals surface area contributed by atoms with E-state index in [-0.39, 0.29) is 23.2 Å². The molecule has 1 aliphatic heterocycles. The van der Waals surface area contributed by atoms with Crippen LogP contribution < -0.4 is 0 Å². The molecule has 2 atom stereocenters. The molecule has 1 aliphatic rings. The number of hydrogen-bond acceptors (Lipinski definition) is 5. The topological polar surface area (TPSA) is 51.2 Å². The molecule has 0 aromatic rings. The second-order valence-corrected chi connectivity index (χ2v) is 8.71. The third-order valence-electron chi connectivity index (χ3n) is 2.22. The van der Waals surface area contributed by atoms with E-state index in [1.54, 1.807) is 23.5 Å². The van der Waals surface area contributed by atoms with E-state index in [1.165, 1.54) is 6.26 Å². The van der Waals surface area contributed by atoms with E-state index in [9.17, 15) is 13.2 Å². The zero-order chi connectivity index (χ0) is 11.5. The molecule has 0 bridgehead atoms. The van der Waals surface area contributed by atoms with Gasteiger partial charge < -0.3 is 0 Å². The van der Waals surface area contributed by atoms with E-state index in [0.717, 1.165) is 11.5 Å². The van der Waals surface area contributed by atoms with E-state index < -0.39 is 9.84 Å². The molecule has 6 heteroatoms. The van der Waals surface area contributed by atoms with Gasteiger partial charge >= 0.3 is 0 Å². The first-order chi connectivity index (χ1) is 6.90. The lowest BCUT2D eigenvalue weighted by molar-refractivity contribution is -0.118. The highest BCUT2D eigenvalue weighted by Gasteiger charge is 2.28. The largest absolute Gasteiger partial charge is 0.298 e. The fourth-order valence-corrected chi connectivity index (χ4v) is 4.76. The fourth-order valence-electron chi connectivity index (χ4n) is 1.41. The van der Waals surface area contributed by atoms with Crippen LogP contribution in [0.3, 0.4) is 0 Å². The van der Waals surface area contributed by atoms with Crippen LogP contribution in [-0.4, -0.2) is 48.2 Å². The molecule has 0 N–H and O–H groups in total. The number of carbonyl (C=O) groups is 1. The van der Waals surface area contributed by atoms with Crippen LogP contribution in [0.25, 0.3) is 0 Å². The maximum Gasteiger partial charge on any atom is 0.147 e. The van der Waals surface area contributed by atoms with Crippen molar-refractivity contribution in [2.24, 2.45) is 0 Å². The molecule has 1 heterocycles.